The second kappa shape index (κ2) is 10.7. The molecule has 1 aliphatic rings. The summed E-state index contributed by atoms with van der Waals surface area (Å²) in [6, 6.07) is 7.16. The van der Waals surface area contributed by atoms with E-state index in [2.05, 4.69) is 29.4 Å². The first-order valence-corrected chi connectivity index (χ1v) is 10.8. The van der Waals surface area contributed by atoms with Crippen molar-refractivity contribution < 1.29 is 14.3 Å². The summed E-state index contributed by atoms with van der Waals surface area (Å²) in [6.45, 7) is 14.2. The molecule has 0 aliphatic carbocycles. The zero-order valence-corrected chi connectivity index (χ0v) is 18.6. The van der Waals surface area contributed by atoms with Gasteiger partial charge in [0.2, 0.25) is 0 Å². The van der Waals surface area contributed by atoms with Crippen LogP contribution < -0.4 is 10.6 Å². The Bertz CT molecular complexity index is 657. The fourth-order valence-electron chi connectivity index (χ4n) is 3.82. The first-order valence-electron chi connectivity index (χ1n) is 10.8. The summed E-state index contributed by atoms with van der Waals surface area (Å²) in [7, 11) is 0. The Hall–Kier alpha value is -1.92. The Morgan fingerprint density at radius 1 is 1.00 bits per heavy atom. The van der Waals surface area contributed by atoms with Crippen molar-refractivity contribution in [3.05, 3.63) is 35.4 Å². The SMILES string of the molecule is CCC(CC)C(CNC(=O)c1ccc(C(=O)NC(C)(C)C)cc1)N1CCOCC1. The third-order valence-corrected chi connectivity index (χ3v) is 5.48. The van der Waals surface area contributed by atoms with Crippen molar-refractivity contribution >= 4 is 11.8 Å². The van der Waals surface area contributed by atoms with Crippen molar-refractivity contribution in [2.45, 2.75) is 59.0 Å². The van der Waals surface area contributed by atoms with Crippen LogP contribution in [-0.4, -0.2) is 61.1 Å². The lowest BCUT2D eigenvalue weighted by Gasteiger charge is -2.38. The lowest BCUT2D eigenvalue weighted by molar-refractivity contribution is 0.00191. The molecule has 1 aromatic rings. The summed E-state index contributed by atoms with van der Waals surface area (Å²) in [4.78, 5) is 27.4. The Morgan fingerprint density at radius 2 is 1.52 bits per heavy atom. The van der Waals surface area contributed by atoms with Gasteiger partial charge in [-0.1, -0.05) is 26.7 Å². The number of morpholine rings is 1. The molecule has 0 spiro atoms. The average Bonchev–Trinajstić information content (AvgIpc) is 2.70. The molecule has 2 rings (SSSR count). The maximum atomic E-state index is 12.7. The van der Waals surface area contributed by atoms with E-state index in [4.69, 9.17) is 4.74 Å². The molecular weight excluding hydrogens is 366 g/mol. The molecule has 0 saturated carbocycles. The molecular formula is C23H37N3O3. The number of hydrogen-bond donors (Lipinski definition) is 2. The predicted molar refractivity (Wildman–Crippen MR) is 116 cm³/mol. The van der Waals surface area contributed by atoms with E-state index in [9.17, 15) is 9.59 Å². The van der Waals surface area contributed by atoms with Crippen molar-refractivity contribution in [1.82, 2.24) is 15.5 Å². The monoisotopic (exact) mass is 403 g/mol. The van der Waals surface area contributed by atoms with Crippen LogP contribution in [0.15, 0.2) is 24.3 Å². The molecule has 162 valence electrons. The highest BCUT2D eigenvalue weighted by molar-refractivity contribution is 5.98. The van der Waals surface area contributed by atoms with Crippen molar-refractivity contribution in [3.8, 4) is 0 Å². The topological polar surface area (TPSA) is 70.7 Å². The van der Waals surface area contributed by atoms with Gasteiger partial charge >= 0.3 is 0 Å². The van der Waals surface area contributed by atoms with E-state index in [0.717, 1.165) is 39.1 Å². The molecule has 6 nitrogen and oxygen atoms in total. The van der Waals surface area contributed by atoms with Crippen LogP contribution in [-0.2, 0) is 4.74 Å². The maximum Gasteiger partial charge on any atom is 0.251 e. The van der Waals surface area contributed by atoms with Gasteiger partial charge in [0.1, 0.15) is 0 Å². The summed E-state index contributed by atoms with van der Waals surface area (Å²) >= 11 is 0. The maximum absolute atomic E-state index is 12.7. The summed E-state index contributed by atoms with van der Waals surface area (Å²) in [5, 5.41) is 6.04. The quantitative estimate of drug-likeness (QED) is 0.700. The number of amides is 2. The molecule has 1 atom stereocenters. The Morgan fingerprint density at radius 3 is 2.00 bits per heavy atom. The molecule has 2 N–H and O–H groups in total. The molecule has 1 fully saturated rings. The van der Waals surface area contributed by atoms with Gasteiger partial charge in [0.05, 0.1) is 13.2 Å². The van der Waals surface area contributed by atoms with E-state index >= 15 is 0 Å². The zero-order chi connectivity index (χ0) is 21.4. The molecule has 0 bridgehead atoms. The number of benzene rings is 1. The van der Waals surface area contributed by atoms with Gasteiger partial charge in [-0.15, -0.1) is 0 Å². The Kier molecular flexibility index (Phi) is 8.65. The number of nitrogens with one attached hydrogen (secondary N) is 2. The van der Waals surface area contributed by atoms with E-state index in [1.54, 1.807) is 24.3 Å². The summed E-state index contributed by atoms with van der Waals surface area (Å²) in [5.74, 6) is 0.305. The van der Waals surface area contributed by atoms with Crippen LogP contribution in [0.3, 0.4) is 0 Å². The van der Waals surface area contributed by atoms with Gasteiger partial charge in [-0.2, -0.15) is 0 Å². The summed E-state index contributed by atoms with van der Waals surface area (Å²) < 4.78 is 5.49. The highest BCUT2D eigenvalue weighted by atomic mass is 16.5. The second-order valence-electron chi connectivity index (χ2n) is 8.78. The second-order valence-corrected chi connectivity index (χ2v) is 8.78. The number of carbonyl (C=O) groups excluding carboxylic acids is 2. The minimum atomic E-state index is -0.295. The van der Waals surface area contributed by atoms with Gasteiger partial charge in [0.25, 0.3) is 11.8 Å². The smallest absolute Gasteiger partial charge is 0.251 e. The third-order valence-electron chi connectivity index (χ3n) is 5.48. The van der Waals surface area contributed by atoms with Crippen LogP contribution in [0, 0.1) is 5.92 Å². The van der Waals surface area contributed by atoms with Gasteiger partial charge < -0.3 is 15.4 Å². The first kappa shape index (κ1) is 23.4. The molecule has 2 amide bonds. The van der Waals surface area contributed by atoms with Crippen LogP contribution in [0.25, 0.3) is 0 Å². The fourth-order valence-corrected chi connectivity index (χ4v) is 3.82. The minimum absolute atomic E-state index is 0.100. The van der Waals surface area contributed by atoms with Crippen LogP contribution in [0.5, 0.6) is 0 Å². The molecule has 6 heteroatoms. The normalized spacial score (nSPS) is 16.5. The molecule has 1 unspecified atom stereocenters. The average molecular weight is 404 g/mol. The van der Waals surface area contributed by atoms with Gasteiger partial charge in [-0.05, 0) is 51.0 Å². The van der Waals surface area contributed by atoms with E-state index in [0.29, 0.717) is 29.6 Å². The standard InChI is InChI=1S/C23H37N3O3/c1-6-17(7-2)20(26-12-14-29-15-13-26)16-24-21(27)18-8-10-19(11-9-18)22(28)25-23(3,4)5/h8-11,17,20H,6-7,12-16H2,1-5H3,(H,24,27)(H,25,28). The molecule has 1 aromatic carbocycles. The Balaban J connectivity index is 1.99. The highest BCUT2D eigenvalue weighted by Crippen LogP contribution is 2.20. The molecule has 1 heterocycles. The Labute approximate surface area is 175 Å². The lowest BCUT2D eigenvalue weighted by Crippen LogP contribution is -2.52. The fraction of sp³-hybridized carbons (Fsp3) is 0.652. The molecule has 0 aromatic heterocycles. The molecule has 1 saturated heterocycles. The van der Waals surface area contributed by atoms with Crippen molar-refractivity contribution in [2.75, 3.05) is 32.8 Å². The number of ether oxygens (including phenoxy) is 1. The number of hydrogen-bond acceptors (Lipinski definition) is 4. The van der Waals surface area contributed by atoms with E-state index < -0.39 is 0 Å². The lowest BCUT2D eigenvalue weighted by atomic mass is 9.92. The summed E-state index contributed by atoms with van der Waals surface area (Å²) in [6.07, 6.45) is 2.18. The molecule has 29 heavy (non-hydrogen) atoms. The van der Waals surface area contributed by atoms with Gasteiger partial charge in [0, 0.05) is 42.3 Å². The van der Waals surface area contributed by atoms with Crippen LogP contribution in [0.2, 0.25) is 0 Å². The highest BCUT2D eigenvalue weighted by Gasteiger charge is 2.27. The largest absolute Gasteiger partial charge is 0.379 e. The molecule has 1 aliphatic heterocycles. The van der Waals surface area contributed by atoms with Crippen LogP contribution in [0.1, 0.15) is 68.2 Å². The van der Waals surface area contributed by atoms with Gasteiger partial charge in [-0.25, -0.2) is 0 Å². The van der Waals surface area contributed by atoms with Gasteiger partial charge in [0.15, 0.2) is 0 Å². The zero-order valence-electron chi connectivity index (χ0n) is 18.6. The predicted octanol–water partition coefficient (Wildman–Crippen LogP) is 3.08. The number of nitrogens with zero attached hydrogens (tertiary/aromatic N) is 1. The van der Waals surface area contributed by atoms with E-state index in [1.165, 1.54) is 0 Å². The van der Waals surface area contributed by atoms with Gasteiger partial charge in [-0.3, -0.25) is 14.5 Å². The first-order chi connectivity index (χ1) is 13.7. The van der Waals surface area contributed by atoms with Crippen LogP contribution >= 0.6 is 0 Å². The van der Waals surface area contributed by atoms with Crippen molar-refractivity contribution in [3.63, 3.8) is 0 Å². The van der Waals surface area contributed by atoms with Crippen LogP contribution in [0.4, 0.5) is 0 Å². The van der Waals surface area contributed by atoms with Crippen molar-refractivity contribution in [1.29, 1.82) is 0 Å². The van der Waals surface area contributed by atoms with E-state index in [1.807, 2.05) is 20.8 Å². The molecule has 0 radical (unpaired) electrons. The number of carbonyl (C=O) groups is 2. The summed E-state index contributed by atoms with van der Waals surface area (Å²) in [5.41, 5.74) is 0.832. The van der Waals surface area contributed by atoms with Crippen molar-refractivity contribution in [2.24, 2.45) is 5.92 Å². The minimum Gasteiger partial charge on any atom is -0.379 e. The van der Waals surface area contributed by atoms with E-state index in [-0.39, 0.29) is 17.4 Å². The third kappa shape index (κ3) is 7.12. The number of rotatable bonds is 8.